The van der Waals surface area contributed by atoms with Crippen molar-refractivity contribution in [1.29, 1.82) is 0 Å². The average molecular weight is 1090 g/mol. The largest absolute Gasteiger partial charge is 0.506 e. The Morgan fingerprint density at radius 2 is 1.19 bits per heavy atom. The molecule has 70 heavy (non-hydrogen) atoms. The molecule has 5 rings (SSSR count). The second-order valence-electron chi connectivity index (χ2n) is 13.7. The first-order valence-corrected chi connectivity index (χ1v) is 27.1. The van der Waals surface area contributed by atoms with Crippen molar-refractivity contribution in [2.24, 2.45) is 30.7 Å². The lowest BCUT2D eigenvalue weighted by atomic mass is 10.1. The zero-order valence-electron chi connectivity index (χ0n) is 34.7. The van der Waals surface area contributed by atoms with Crippen LogP contribution in [0, 0.1) is 0 Å². The Morgan fingerprint density at radius 1 is 0.629 bits per heavy atom. The van der Waals surface area contributed by atoms with Crippen molar-refractivity contribution in [2.45, 2.75) is 24.5 Å². The Bertz CT molecular complexity index is 3830. The third-order valence-corrected chi connectivity index (χ3v) is 14.9. The molecule has 0 aliphatic rings. The summed E-state index contributed by atoms with van der Waals surface area (Å²) in [6.07, 6.45) is 2.45. The number of phenolic OH excluding ortho intramolecular Hbond substituents is 2. The van der Waals surface area contributed by atoms with Gasteiger partial charge < -0.3 is 21.7 Å². The van der Waals surface area contributed by atoms with Crippen molar-refractivity contribution in [3.05, 3.63) is 110 Å². The fraction of sp³-hybridized carbons (Fsp3) is 0.0556. The van der Waals surface area contributed by atoms with Gasteiger partial charge in [-0.15, -0.1) is 20.5 Å². The quantitative estimate of drug-likeness (QED) is 0.0221. The number of hydrogen-bond acceptors (Lipinski definition) is 23. The van der Waals surface area contributed by atoms with E-state index >= 15 is 0 Å². The van der Waals surface area contributed by atoms with E-state index in [-0.39, 0.29) is 39.1 Å². The van der Waals surface area contributed by atoms with Crippen molar-refractivity contribution in [2.75, 3.05) is 23.8 Å². The van der Waals surface area contributed by atoms with Crippen LogP contribution in [-0.4, -0.2) is 91.3 Å². The highest BCUT2D eigenvalue weighted by molar-refractivity contribution is 7.91. The van der Waals surface area contributed by atoms with Gasteiger partial charge in [0.05, 0.1) is 44.6 Å². The Kier molecular flexibility index (Phi) is 15.4. The smallest absolute Gasteiger partial charge is 0.397 e. The van der Waals surface area contributed by atoms with Gasteiger partial charge in [-0.25, -0.2) is 21.0 Å². The minimum atomic E-state index is -5.46. The van der Waals surface area contributed by atoms with Crippen molar-refractivity contribution in [1.82, 2.24) is 4.72 Å². The number of nitrogen functional groups attached to an aromatic ring is 2. The Balaban J connectivity index is 1.48. The summed E-state index contributed by atoms with van der Waals surface area (Å²) in [7, 11) is -30.3. The first kappa shape index (κ1) is 53.8. The van der Waals surface area contributed by atoms with Crippen LogP contribution >= 0.6 is 0 Å². The van der Waals surface area contributed by atoms with E-state index in [0.29, 0.717) is 30.3 Å². The maximum atomic E-state index is 13.1. The van der Waals surface area contributed by atoms with Crippen LogP contribution in [0.25, 0.3) is 10.8 Å². The van der Waals surface area contributed by atoms with Crippen LogP contribution in [0.4, 0.5) is 39.8 Å². The molecule has 0 aliphatic heterocycles. The van der Waals surface area contributed by atoms with E-state index in [0.717, 1.165) is 24.3 Å². The van der Waals surface area contributed by atoms with Gasteiger partial charge in [0.1, 0.15) is 43.2 Å². The van der Waals surface area contributed by atoms with Crippen LogP contribution in [0.3, 0.4) is 0 Å². The number of benzene rings is 5. The molecule has 28 nitrogen and oxygen atoms in total. The SMILES string of the molecule is C=C(/C=C\C(=C)NS(=O)(=O)c1ccc(N=Nc2c(S(=O)(=O)O)cc3cc(S(=O)(=O)O)c(N=Nc4ccc(S(=O)(=O)CCOS(=O)(=O)O)cc4S(=O)(=O)O)c(N)c3c2O)cc1)N=Nc1ccc(N)cc1O. The molecular formula is C36H33N9O19S6. The van der Waals surface area contributed by atoms with Crippen molar-refractivity contribution in [3.8, 4) is 11.5 Å². The third kappa shape index (κ3) is 13.3. The van der Waals surface area contributed by atoms with Crippen molar-refractivity contribution in [3.63, 3.8) is 0 Å². The number of aromatic hydroxyl groups is 2. The minimum absolute atomic E-state index is 0.0283. The predicted molar refractivity (Wildman–Crippen MR) is 245 cm³/mol. The molecule has 0 saturated carbocycles. The van der Waals surface area contributed by atoms with E-state index in [1.165, 1.54) is 30.4 Å². The summed E-state index contributed by atoms with van der Waals surface area (Å²) >= 11 is 0. The number of anilines is 2. The molecule has 11 N–H and O–H groups in total. The van der Waals surface area contributed by atoms with Crippen LogP contribution in [0.5, 0.6) is 11.5 Å². The van der Waals surface area contributed by atoms with E-state index in [9.17, 15) is 74.4 Å². The molecule has 0 saturated heterocycles. The summed E-state index contributed by atoms with van der Waals surface area (Å²) in [5, 5.41) is 42.1. The molecule has 0 aromatic heterocycles. The number of phenols is 2. The zero-order chi connectivity index (χ0) is 52.4. The molecule has 5 aromatic rings. The van der Waals surface area contributed by atoms with Crippen molar-refractivity contribution < 1.29 is 83.1 Å². The Morgan fingerprint density at radius 3 is 1.76 bits per heavy atom. The molecule has 0 fully saturated rings. The van der Waals surface area contributed by atoms with E-state index in [2.05, 4.69) is 52.7 Å². The summed E-state index contributed by atoms with van der Waals surface area (Å²) in [5.41, 5.74) is 7.80. The molecule has 0 heterocycles. The molecular weight excluding hydrogens is 1050 g/mol. The topological polar surface area (TPSA) is 474 Å². The molecule has 0 spiro atoms. The fourth-order valence-corrected chi connectivity index (χ4v) is 10.2. The van der Waals surface area contributed by atoms with Crippen molar-refractivity contribution >= 4 is 111 Å². The molecule has 372 valence electrons. The number of fused-ring (bicyclic) bond motifs is 1. The van der Waals surface area contributed by atoms with Gasteiger partial charge in [-0.05, 0) is 84.3 Å². The van der Waals surface area contributed by atoms with Crippen LogP contribution < -0.4 is 16.2 Å². The standard InChI is InChI=1S/C36H33N9O19S6/c1-19(39-41-26-11-5-22(37)17-28(26)46)3-4-20(2)45-66(50,51)24-8-6-23(7-9-24)40-44-35-31(69(58,59)60)16-21-15-30(68(55,56)57)34(33(38)32(21)36(35)47)43-42-27-12-10-25(18-29(27)67(52,53)54)65(48,49)14-13-64-70(61,62)63/h3-12,15-18,45-47H,1-2,13-14,37-38H2,(H,52,53,54)(H,55,56,57)(H,58,59,60)(H,61,62,63)/b4-3-,41-39?,43-42?,44-40?. The van der Waals surface area contributed by atoms with Gasteiger partial charge in [0.2, 0.25) is 0 Å². The molecule has 0 atom stereocenters. The number of nitrogens with one attached hydrogen (secondary N) is 1. The second-order valence-corrected chi connectivity index (χ2v) is 22.8. The van der Waals surface area contributed by atoms with E-state index in [1.54, 1.807) is 0 Å². The predicted octanol–water partition coefficient (Wildman–Crippen LogP) is 5.23. The number of rotatable bonds is 19. The Hall–Kier alpha value is -7.12. The number of azo groups is 3. The number of sulfone groups is 1. The lowest BCUT2D eigenvalue weighted by Gasteiger charge is -2.14. The van der Waals surface area contributed by atoms with Gasteiger partial charge in [-0.2, -0.15) is 43.9 Å². The maximum absolute atomic E-state index is 13.1. The van der Waals surface area contributed by atoms with Crippen LogP contribution in [0.1, 0.15) is 0 Å². The van der Waals surface area contributed by atoms with Gasteiger partial charge >= 0.3 is 10.4 Å². The molecule has 0 bridgehead atoms. The minimum Gasteiger partial charge on any atom is -0.506 e. The first-order valence-electron chi connectivity index (χ1n) is 18.2. The fourth-order valence-electron chi connectivity index (χ4n) is 5.59. The highest BCUT2D eigenvalue weighted by Gasteiger charge is 2.29. The molecule has 5 aromatic carbocycles. The Labute approximate surface area is 397 Å². The highest BCUT2D eigenvalue weighted by atomic mass is 32.3. The van der Waals surface area contributed by atoms with Crippen LogP contribution in [0.15, 0.2) is 165 Å². The van der Waals surface area contributed by atoms with Gasteiger partial charge in [0.25, 0.3) is 40.4 Å². The normalized spacial score (nSPS) is 13.3. The summed E-state index contributed by atoms with van der Waals surface area (Å²) in [5.74, 6) is -2.63. The maximum Gasteiger partial charge on any atom is 0.397 e. The monoisotopic (exact) mass is 1090 g/mol. The molecule has 0 aliphatic carbocycles. The van der Waals surface area contributed by atoms with Crippen LogP contribution in [-0.2, 0) is 64.8 Å². The summed E-state index contributed by atoms with van der Waals surface area (Å²) in [6.45, 7) is 6.11. The van der Waals surface area contributed by atoms with Crippen LogP contribution in [0.2, 0.25) is 0 Å². The van der Waals surface area contributed by atoms with E-state index in [1.807, 2.05) is 0 Å². The average Bonchev–Trinajstić information content (AvgIpc) is 3.22. The lowest BCUT2D eigenvalue weighted by Crippen LogP contribution is -2.21. The van der Waals surface area contributed by atoms with Gasteiger partial charge in [0, 0.05) is 17.5 Å². The van der Waals surface area contributed by atoms with E-state index in [4.69, 9.17) is 16.0 Å². The molecule has 34 heteroatoms. The number of hydrogen-bond donors (Lipinski definition) is 9. The third-order valence-electron chi connectivity index (χ3n) is 8.72. The number of sulfonamides is 1. The second kappa shape index (κ2) is 20.1. The van der Waals surface area contributed by atoms with Gasteiger partial charge in [-0.1, -0.05) is 13.2 Å². The van der Waals surface area contributed by atoms with Gasteiger partial charge in [-0.3, -0.25) is 22.9 Å². The summed E-state index contributed by atoms with van der Waals surface area (Å²) < 4.78 is 193. The number of nitrogens with zero attached hydrogens (tertiary/aromatic N) is 6. The summed E-state index contributed by atoms with van der Waals surface area (Å²) in [4.78, 5) is -4.99. The first-order chi connectivity index (χ1) is 32.2. The summed E-state index contributed by atoms with van der Waals surface area (Å²) in [6, 6.07) is 11.0. The molecule has 0 unspecified atom stereocenters. The zero-order valence-corrected chi connectivity index (χ0v) is 39.6. The van der Waals surface area contributed by atoms with Gasteiger partial charge in [0.15, 0.2) is 15.6 Å². The lowest BCUT2D eigenvalue weighted by molar-refractivity contribution is 0.284. The number of allylic oxidation sites excluding steroid dienone is 2. The number of nitrogens with two attached hydrogens (primary N) is 2. The molecule has 0 radical (unpaired) electrons. The molecule has 0 amide bonds. The van der Waals surface area contributed by atoms with E-state index < -0.39 is 132 Å². The highest BCUT2D eigenvalue weighted by Crippen LogP contribution is 2.48.